The molecule has 1 unspecified atom stereocenters. The first-order valence-corrected chi connectivity index (χ1v) is 10.5. The van der Waals surface area contributed by atoms with Gasteiger partial charge in [0.25, 0.3) is 5.91 Å². The van der Waals surface area contributed by atoms with Gasteiger partial charge in [-0.25, -0.2) is 14.7 Å². The Bertz CT molecular complexity index is 1130. The number of nitrogens with zero attached hydrogens (tertiary/aromatic N) is 3. The Morgan fingerprint density at radius 1 is 1.12 bits per heavy atom. The Morgan fingerprint density at radius 3 is 2.30 bits per heavy atom. The van der Waals surface area contributed by atoms with Gasteiger partial charge in [-0.05, 0) is 61.5 Å². The van der Waals surface area contributed by atoms with Gasteiger partial charge in [-0.3, -0.25) is 9.59 Å². The molecule has 178 valence electrons. The van der Waals surface area contributed by atoms with E-state index in [1.807, 2.05) is 0 Å². The van der Waals surface area contributed by atoms with Crippen LogP contribution in [0.25, 0.3) is 11.1 Å². The molecule has 2 aromatic rings. The second-order valence-corrected chi connectivity index (χ2v) is 10.2. The fourth-order valence-electron chi connectivity index (χ4n) is 3.75. The van der Waals surface area contributed by atoms with E-state index in [-0.39, 0.29) is 11.3 Å². The Morgan fingerprint density at radius 2 is 1.73 bits per heavy atom. The number of amides is 2. The molecule has 3 heterocycles. The molecule has 3 rings (SSSR count). The lowest BCUT2D eigenvalue weighted by atomic mass is 9.88. The summed E-state index contributed by atoms with van der Waals surface area (Å²) in [6.07, 6.45) is -0.346. The molecule has 0 bridgehead atoms. The lowest BCUT2D eigenvalue weighted by molar-refractivity contribution is -0.157. The summed E-state index contributed by atoms with van der Waals surface area (Å²) in [4.78, 5) is 44.2. The van der Waals surface area contributed by atoms with E-state index >= 15 is 0 Å². The predicted octanol–water partition coefficient (Wildman–Crippen LogP) is 4.52. The molecule has 2 amide bonds. The van der Waals surface area contributed by atoms with E-state index in [1.165, 1.54) is 19.2 Å². The number of halogens is 1. The number of esters is 1. The molecule has 9 nitrogen and oxygen atoms in total. The zero-order chi connectivity index (χ0) is 24.9. The van der Waals surface area contributed by atoms with Crippen LogP contribution in [0, 0.1) is 12.9 Å². The van der Waals surface area contributed by atoms with Crippen molar-refractivity contribution in [1.29, 1.82) is 0 Å². The highest BCUT2D eigenvalue weighted by atomic mass is 19.1. The summed E-state index contributed by atoms with van der Waals surface area (Å²) in [5, 5.41) is 3.98. The largest absolute Gasteiger partial charge is 0.460 e. The van der Waals surface area contributed by atoms with Crippen molar-refractivity contribution in [2.24, 2.45) is 0 Å². The summed E-state index contributed by atoms with van der Waals surface area (Å²) in [5.41, 5.74) is -3.16. The maximum absolute atomic E-state index is 14.9. The molecule has 0 aliphatic carbocycles. The molecule has 1 aliphatic rings. The summed E-state index contributed by atoms with van der Waals surface area (Å²) < 4.78 is 31.4. The maximum atomic E-state index is 14.9. The van der Waals surface area contributed by atoms with Gasteiger partial charge in [0.15, 0.2) is 5.76 Å². The molecule has 10 heteroatoms. The highest BCUT2D eigenvalue weighted by Crippen LogP contribution is 2.46. The van der Waals surface area contributed by atoms with E-state index < -0.39 is 52.6 Å². The van der Waals surface area contributed by atoms with Gasteiger partial charge in [0.1, 0.15) is 22.3 Å². The summed E-state index contributed by atoms with van der Waals surface area (Å²) in [7, 11) is 0. The van der Waals surface area contributed by atoms with Gasteiger partial charge in [0.2, 0.25) is 5.95 Å². The van der Waals surface area contributed by atoms with Gasteiger partial charge in [0.05, 0.1) is 17.7 Å². The minimum Gasteiger partial charge on any atom is -0.460 e. The lowest BCUT2D eigenvalue weighted by Gasteiger charge is -2.37. The molecule has 0 N–H and O–H groups in total. The fraction of sp³-hybridized carbons (Fsp3) is 0.522. The number of ether oxygens (including phenoxy) is 2. The topological polar surface area (TPSA) is 112 Å². The molecule has 0 fully saturated rings. The van der Waals surface area contributed by atoms with Gasteiger partial charge in [0, 0.05) is 11.8 Å². The number of hydrogen-bond donors (Lipinski definition) is 0. The number of pyridine rings is 1. The third-order valence-electron chi connectivity index (χ3n) is 4.92. The average Bonchev–Trinajstić information content (AvgIpc) is 2.96. The monoisotopic (exact) mass is 461 g/mol. The molecule has 2 aromatic heterocycles. The molecule has 0 radical (unpaired) electrons. The Balaban J connectivity index is 2.30. The van der Waals surface area contributed by atoms with Crippen molar-refractivity contribution in [2.75, 3.05) is 0 Å². The number of fused-ring (bicyclic) bond motifs is 3. The van der Waals surface area contributed by atoms with Crippen LogP contribution in [0.5, 0.6) is 0 Å². The minimum atomic E-state index is -1.73. The molecular weight excluding hydrogens is 433 g/mol. The highest BCUT2D eigenvalue weighted by molar-refractivity contribution is 6.09. The van der Waals surface area contributed by atoms with Crippen LogP contribution in [0.3, 0.4) is 0 Å². The summed E-state index contributed by atoms with van der Waals surface area (Å²) in [6.45, 7) is 13.0. The van der Waals surface area contributed by atoms with E-state index in [4.69, 9.17) is 14.0 Å². The van der Waals surface area contributed by atoms with Crippen LogP contribution in [0.15, 0.2) is 16.8 Å². The number of hydrogen-bond acceptors (Lipinski definition) is 8. The molecular formula is C23H28FN3O6. The highest BCUT2D eigenvalue weighted by Gasteiger charge is 2.53. The fourth-order valence-corrected chi connectivity index (χ4v) is 3.75. The minimum absolute atomic E-state index is 0.0365. The molecule has 0 aromatic carbocycles. The zero-order valence-corrected chi connectivity index (χ0v) is 20.0. The van der Waals surface area contributed by atoms with Crippen LogP contribution in [0.2, 0.25) is 0 Å². The normalized spacial score (nSPS) is 18.3. The van der Waals surface area contributed by atoms with Gasteiger partial charge in [-0.15, -0.1) is 0 Å². The van der Waals surface area contributed by atoms with Crippen LogP contribution in [-0.4, -0.2) is 44.2 Å². The standard InChI is InChI=1S/C23H28FN3O6/c1-12-15-13-9-10-25-18(24)16(13)19(29)27(20(30)32-22(5,6)7)23(8,17(15)33-26-12)11-14(28)31-21(2,3)4/h9-10H,11H2,1-8H3. The summed E-state index contributed by atoms with van der Waals surface area (Å²) >= 11 is 0. The van der Waals surface area contributed by atoms with Crippen molar-refractivity contribution in [1.82, 2.24) is 15.0 Å². The van der Waals surface area contributed by atoms with E-state index in [2.05, 4.69) is 10.1 Å². The van der Waals surface area contributed by atoms with Crippen molar-refractivity contribution in [3.63, 3.8) is 0 Å². The average molecular weight is 461 g/mol. The van der Waals surface area contributed by atoms with Crippen molar-refractivity contribution in [3.8, 4) is 11.1 Å². The SMILES string of the molecule is Cc1noc2c1-c1ccnc(F)c1C(=O)N(C(=O)OC(C)(C)C)C2(C)CC(=O)OC(C)(C)C. The molecule has 33 heavy (non-hydrogen) atoms. The molecule has 0 spiro atoms. The Hall–Kier alpha value is -3.30. The molecule has 0 saturated heterocycles. The van der Waals surface area contributed by atoms with Crippen molar-refractivity contribution >= 4 is 18.0 Å². The number of imide groups is 1. The lowest BCUT2D eigenvalue weighted by Crippen LogP contribution is -2.53. The summed E-state index contributed by atoms with van der Waals surface area (Å²) in [5.74, 6) is -2.74. The predicted molar refractivity (Wildman–Crippen MR) is 115 cm³/mol. The van der Waals surface area contributed by atoms with E-state index in [0.29, 0.717) is 16.2 Å². The van der Waals surface area contributed by atoms with E-state index in [1.54, 1.807) is 48.5 Å². The smallest absolute Gasteiger partial charge is 0.418 e. The van der Waals surface area contributed by atoms with Gasteiger partial charge in [-0.1, -0.05) is 5.16 Å². The number of rotatable bonds is 2. The van der Waals surface area contributed by atoms with Gasteiger partial charge < -0.3 is 14.0 Å². The van der Waals surface area contributed by atoms with E-state index in [9.17, 15) is 18.8 Å². The second kappa shape index (κ2) is 7.93. The quantitative estimate of drug-likeness (QED) is 0.474. The third kappa shape index (κ3) is 4.60. The van der Waals surface area contributed by atoms with Gasteiger partial charge in [-0.2, -0.15) is 4.39 Å². The first kappa shape index (κ1) is 24.3. The van der Waals surface area contributed by atoms with Crippen molar-refractivity contribution < 1.29 is 32.8 Å². The Labute approximate surface area is 191 Å². The number of carbonyl (C=O) groups excluding carboxylic acids is 3. The Kier molecular flexibility index (Phi) is 5.85. The molecule has 0 saturated carbocycles. The molecule has 1 aliphatic heterocycles. The number of carbonyl (C=O) groups is 3. The maximum Gasteiger partial charge on any atom is 0.418 e. The van der Waals surface area contributed by atoms with E-state index in [0.717, 1.165) is 0 Å². The van der Waals surface area contributed by atoms with Crippen molar-refractivity contribution in [3.05, 3.63) is 35.2 Å². The summed E-state index contributed by atoms with van der Waals surface area (Å²) in [6, 6.07) is 1.44. The number of aromatic nitrogens is 2. The first-order chi connectivity index (χ1) is 15.0. The van der Waals surface area contributed by atoms with Gasteiger partial charge >= 0.3 is 12.1 Å². The zero-order valence-electron chi connectivity index (χ0n) is 20.0. The number of aryl methyl sites for hydroxylation is 1. The first-order valence-electron chi connectivity index (χ1n) is 10.5. The second-order valence-electron chi connectivity index (χ2n) is 10.2. The van der Waals surface area contributed by atoms with Crippen LogP contribution in [0.1, 0.15) is 76.7 Å². The van der Waals surface area contributed by atoms with Crippen LogP contribution >= 0.6 is 0 Å². The molecule has 1 atom stereocenters. The third-order valence-corrected chi connectivity index (χ3v) is 4.92. The van der Waals surface area contributed by atoms with Crippen LogP contribution in [-0.2, 0) is 19.8 Å². The van der Waals surface area contributed by atoms with Crippen molar-refractivity contribution in [2.45, 2.75) is 78.6 Å². The van der Waals surface area contributed by atoms with Crippen LogP contribution in [0.4, 0.5) is 9.18 Å². The van der Waals surface area contributed by atoms with Crippen LogP contribution < -0.4 is 0 Å².